The lowest BCUT2D eigenvalue weighted by Crippen LogP contribution is -2.13. The van der Waals surface area contributed by atoms with Gasteiger partial charge in [0.2, 0.25) is 0 Å². The van der Waals surface area contributed by atoms with Gasteiger partial charge in [-0.3, -0.25) is 0 Å². The smallest absolute Gasteiger partial charge is 0.342 e. The lowest BCUT2D eigenvalue weighted by molar-refractivity contribution is 0.0446. The molecule has 5 heteroatoms. The number of hydrogen-bond donors (Lipinski definition) is 2. The van der Waals surface area contributed by atoms with Gasteiger partial charge in [0.25, 0.3) is 0 Å². The summed E-state index contributed by atoms with van der Waals surface area (Å²) in [4.78, 5) is 11.8. The highest BCUT2D eigenvalue weighted by molar-refractivity contribution is 5.92. The fourth-order valence-electron chi connectivity index (χ4n) is 2.11. The standard InChI is InChI=1S/C19H22O5/c1-19(2,3)13-4-7-15(8-5-13)23-10-11-24-18(22)16-12-14(20)6-9-17(16)21/h4-9,12,20-21H,10-11H2,1-3H3. The molecule has 0 aliphatic carbocycles. The molecule has 0 aliphatic rings. The highest BCUT2D eigenvalue weighted by Gasteiger charge is 2.14. The minimum Gasteiger partial charge on any atom is -0.508 e. The van der Waals surface area contributed by atoms with E-state index in [1.165, 1.54) is 17.7 Å². The topological polar surface area (TPSA) is 76.0 Å². The van der Waals surface area contributed by atoms with Crippen LogP contribution in [0, 0.1) is 0 Å². The number of aromatic hydroxyl groups is 2. The Morgan fingerprint density at radius 2 is 1.67 bits per heavy atom. The van der Waals surface area contributed by atoms with E-state index in [2.05, 4.69) is 20.8 Å². The molecule has 128 valence electrons. The van der Waals surface area contributed by atoms with Crippen molar-refractivity contribution < 1.29 is 24.5 Å². The predicted molar refractivity (Wildman–Crippen MR) is 90.7 cm³/mol. The van der Waals surface area contributed by atoms with E-state index >= 15 is 0 Å². The fraction of sp³-hybridized carbons (Fsp3) is 0.316. The highest BCUT2D eigenvalue weighted by Crippen LogP contribution is 2.24. The SMILES string of the molecule is CC(C)(C)c1ccc(OCCOC(=O)c2cc(O)ccc2O)cc1. The van der Waals surface area contributed by atoms with Crippen molar-refractivity contribution in [3.05, 3.63) is 53.6 Å². The molecule has 0 aromatic heterocycles. The van der Waals surface area contributed by atoms with Crippen LogP contribution in [0.15, 0.2) is 42.5 Å². The molecule has 0 heterocycles. The summed E-state index contributed by atoms with van der Waals surface area (Å²) < 4.78 is 10.6. The van der Waals surface area contributed by atoms with Crippen LogP contribution in [0.2, 0.25) is 0 Å². The summed E-state index contributed by atoms with van der Waals surface area (Å²) in [6.45, 7) is 6.65. The van der Waals surface area contributed by atoms with Crippen LogP contribution in [0.4, 0.5) is 0 Å². The van der Waals surface area contributed by atoms with Crippen molar-refractivity contribution in [2.45, 2.75) is 26.2 Å². The van der Waals surface area contributed by atoms with Crippen LogP contribution in [-0.4, -0.2) is 29.4 Å². The van der Waals surface area contributed by atoms with E-state index in [4.69, 9.17) is 9.47 Å². The quantitative estimate of drug-likeness (QED) is 0.497. The predicted octanol–water partition coefficient (Wildman–Crippen LogP) is 3.63. The van der Waals surface area contributed by atoms with Crippen molar-refractivity contribution in [3.63, 3.8) is 0 Å². The molecule has 2 aromatic carbocycles. The Hall–Kier alpha value is -2.69. The number of ether oxygens (including phenoxy) is 2. The van der Waals surface area contributed by atoms with Gasteiger partial charge in [0.15, 0.2) is 0 Å². The number of rotatable bonds is 5. The molecule has 0 unspecified atom stereocenters. The third-order valence-electron chi connectivity index (χ3n) is 3.51. The molecule has 2 aromatic rings. The maximum atomic E-state index is 11.8. The first-order valence-electron chi connectivity index (χ1n) is 7.70. The van der Waals surface area contributed by atoms with Gasteiger partial charge in [0, 0.05) is 0 Å². The first kappa shape index (κ1) is 17.7. The summed E-state index contributed by atoms with van der Waals surface area (Å²) in [6, 6.07) is 11.4. The van der Waals surface area contributed by atoms with E-state index in [-0.39, 0.29) is 35.7 Å². The normalized spacial score (nSPS) is 11.1. The van der Waals surface area contributed by atoms with E-state index in [0.717, 1.165) is 6.07 Å². The third kappa shape index (κ3) is 4.65. The zero-order valence-corrected chi connectivity index (χ0v) is 14.1. The zero-order chi connectivity index (χ0) is 17.7. The van der Waals surface area contributed by atoms with E-state index in [9.17, 15) is 15.0 Å². The Balaban J connectivity index is 1.82. The molecule has 0 bridgehead atoms. The Morgan fingerprint density at radius 3 is 2.29 bits per heavy atom. The Bertz CT molecular complexity index is 699. The molecule has 0 spiro atoms. The fourth-order valence-corrected chi connectivity index (χ4v) is 2.11. The minimum absolute atomic E-state index is 0.0367. The van der Waals surface area contributed by atoms with Crippen molar-refractivity contribution in [1.29, 1.82) is 0 Å². The van der Waals surface area contributed by atoms with Crippen LogP contribution in [0.1, 0.15) is 36.7 Å². The van der Waals surface area contributed by atoms with Crippen molar-refractivity contribution in [2.24, 2.45) is 0 Å². The van der Waals surface area contributed by atoms with Gasteiger partial charge in [0.1, 0.15) is 36.0 Å². The molecule has 0 radical (unpaired) electrons. The largest absolute Gasteiger partial charge is 0.508 e. The van der Waals surface area contributed by atoms with Gasteiger partial charge in [-0.1, -0.05) is 32.9 Å². The first-order valence-corrected chi connectivity index (χ1v) is 7.70. The number of esters is 1. The van der Waals surface area contributed by atoms with E-state index in [1.807, 2.05) is 24.3 Å². The molecule has 0 fully saturated rings. The van der Waals surface area contributed by atoms with Crippen LogP contribution in [0.5, 0.6) is 17.2 Å². The summed E-state index contributed by atoms with van der Waals surface area (Å²) in [5.74, 6) is -0.374. The molecule has 2 rings (SSSR count). The molecule has 0 saturated heterocycles. The van der Waals surface area contributed by atoms with E-state index < -0.39 is 5.97 Å². The Morgan fingerprint density at radius 1 is 1.00 bits per heavy atom. The van der Waals surface area contributed by atoms with Gasteiger partial charge in [-0.25, -0.2) is 4.79 Å². The summed E-state index contributed by atoms with van der Waals surface area (Å²) in [6.07, 6.45) is 0. The molecule has 0 atom stereocenters. The summed E-state index contributed by atoms with van der Waals surface area (Å²) in [5.41, 5.74) is 1.21. The molecule has 2 N–H and O–H groups in total. The molecular weight excluding hydrogens is 308 g/mol. The minimum atomic E-state index is -0.713. The maximum Gasteiger partial charge on any atom is 0.342 e. The molecular formula is C19H22O5. The van der Waals surface area contributed by atoms with Gasteiger partial charge in [0.05, 0.1) is 0 Å². The lowest BCUT2D eigenvalue weighted by atomic mass is 9.87. The van der Waals surface area contributed by atoms with Crippen molar-refractivity contribution in [2.75, 3.05) is 13.2 Å². The summed E-state index contributed by atoms with van der Waals surface area (Å²) in [7, 11) is 0. The second-order valence-corrected chi connectivity index (χ2v) is 6.46. The molecule has 5 nitrogen and oxygen atoms in total. The maximum absolute atomic E-state index is 11.8. The van der Waals surface area contributed by atoms with Crippen molar-refractivity contribution in [1.82, 2.24) is 0 Å². The number of benzene rings is 2. The first-order chi connectivity index (χ1) is 11.3. The Labute approximate surface area is 141 Å². The van der Waals surface area contributed by atoms with E-state index in [0.29, 0.717) is 5.75 Å². The zero-order valence-electron chi connectivity index (χ0n) is 14.1. The van der Waals surface area contributed by atoms with Gasteiger partial charge >= 0.3 is 5.97 Å². The molecule has 0 aliphatic heterocycles. The molecule has 24 heavy (non-hydrogen) atoms. The lowest BCUT2D eigenvalue weighted by Gasteiger charge is -2.19. The molecule has 0 saturated carbocycles. The second-order valence-electron chi connectivity index (χ2n) is 6.46. The number of hydrogen-bond acceptors (Lipinski definition) is 5. The number of carbonyl (C=O) groups excluding carboxylic acids is 1. The number of phenolic OH excluding ortho intramolecular Hbond substituents is 2. The van der Waals surface area contributed by atoms with Crippen LogP contribution in [0.3, 0.4) is 0 Å². The van der Waals surface area contributed by atoms with Gasteiger partial charge in [-0.15, -0.1) is 0 Å². The van der Waals surface area contributed by atoms with Gasteiger partial charge in [-0.2, -0.15) is 0 Å². The van der Waals surface area contributed by atoms with Crippen LogP contribution in [-0.2, 0) is 10.2 Å². The third-order valence-corrected chi connectivity index (χ3v) is 3.51. The number of phenols is 2. The van der Waals surface area contributed by atoms with Crippen LogP contribution >= 0.6 is 0 Å². The van der Waals surface area contributed by atoms with Gasteiger partial charge in [-0.05, 0) is 41.3 Å². The monoisotopic (exact) mass is 330 g/mol. The Kier molecular flexibility index (Phi) is 5.34. The highest BCUT2D eigenvalue weighted by atomic mass is 16.6. The van der Waals surface area contributed by atoms with Crippen LogP contribution in [0.25, 0.3) is 0 Å². The average Bonchev–Trinajstić information content (AvgIpc) is 2.53. The number of carbonyl (C=O) groups is 1. The van der Waals surface area contributed by atoms with E-state index in [1.54, 1.807) is 0 Å². The average molecular weight is 330 g/mol. The summed E-state index contributed by atoms with van der Waals surface area (Å²) in [5, 5.41) is 18.9. The van der Waals surface area contributed by atoms with Crippen molar-refractivity contribution >= 4 is 5.97 Å². The second kappa shape index (κ2) is 7.25. The summed E-state index contributed by atoms with van der Waals surface area (Å²) >= 11 is 0. The van der Waals surface area contributed by atoms with Crippen LogP contribution < -0.4 is 4.74 Å². The van der Waals surface area contributed by atoms with Gasteiger partial charge < -0.3 is 19.7 Å². The van der Waals surface area contributed by atoms with Crippen molar-refractivity contribution in [3.8, 4) is 17.2 Å². The molecule has 0 amide bonds.